The summed E-state index contributed by atoms with van der Waals surface area (Å²) in [6, 6.07) is 6.90. The van der Waals surface area contributed by atoms with E-state index < -0.39 is 0 Å². The predicted octanol–water partition coefficient (Wildman–Crippen LogP) is 3.17. The van der Waals surface area contributed by atoms with Crippen LogP contribution < -0.4 is 19.7 Å². The number of piperidine rings is 1. The maximum Gasteiger partial charge on any atom is 0.169 e. The van der Waals surface area contributed by atoms with Crippen molar-refractivity contribution in [2.45, 2.75) is 32.2 Å². The van der Waals surface area contributed by atoms with E-state index >= 15 is 0 Å². The highest BCUT2D eigenvalue weighted by Gasteiger charge is 2.32. The minimum Gasteiger partial charge on any atom is -0.489 e. The lowest BCUT2D eigenvalue weighted by molar-refractivity contribution is 0.337. The molecular weight excluding hydrogens is 326 g/mol. The number of pyridine rings is 1. The highest BCUT2D eigenvalue weighted by molar-refractivity contribution is 5.55. The highest BCUT2D eigenvalue weighted by Crippen LogP contribution is 2.40. The molecule has 2 saturated heterocycles. The van der Waals surface area contributed by atoms with Gasteiger partial charge in [-0.25, -0.2) is 0 Å². The van der Waals surface area contributed by atoms with Crippen LogP contribution in [0.2, 0.25) is 0 Å². The minimum absolute atomic E-state index is 0.608. The Morgan fingerprint density at radius 3 is 3.15 bits per heavy atom. The number of hydrogen-bond acceptors (Lipinski definition) is 5. The SMILES string of the molecule is CCc1ccc(Oc2cncc(N3CC4CNC(C4)C3)c2)c2c1CCO2. The Bertz CT molecular complexity index is 811. The fourth-order valence-electron chi connectivity index (χ4n) is 4.55. The van der Waals surface area contributed by atoms with Crippen LogP contribution in [-0.4, -0.2) is 37.3 Å². The summed E-state index contributed by atoms with van der Waals surface area (Å²) in [4.78, 5) is 6.86. The van der Waals surface area contributed by atoms with E-state index in [1.807, 2.05) is 12.3 Å². The van der Waals surface area contributed by atoms with Crippen molar-refractivity contribution in [2.24, 2.45) is 5.92 Å². The molecule has 1 N–H and O–H groups in total. The second-order valence-electron chi connectivity index (χ2n) is 7.58. The van der Waals surface area contributed by atoms with Crippen LogP contribution in [0.4, 0.5) is 5.69 Å². The Hall–Kier alpha value is -2.27. The number of aryl methyl sites for hydroxylation is 1. The van der Waals surface area contributed by atoms with Gasteiger partial charge in [0.1, 0.15) is 5.75 Å². The summed E-state index contributed by atoms with van der Waals surface area (Å²) in [5.41, 5.74) is 3.80. The van der Waals surface area contributed by atoms with Crippen molar-refractivity contribution < 1.29 is 9.47 Å². The molecule has 2 aromatic rings. The first-order valence-electron chi connectivity index (χ1n) is 9.69. The smallest absolute Gasteiger partial charge is 0.169 e. The molecule has 5 heteroatoms. The molecule has 5 nitrogen and oxygen atoms in total. The lowest BCUT2D eigenvalue weighted by Gasteiger charge is -2.32. The normalized spacial score (nSPS) is 23.7. The third-order valence-electron chi connectivity index (χ3n) is 5.82. The number of hydrogen-bond donors (Lipinski definition) is 1. The van der Waals surface area contributed by atoms with Gasteiger partial charge in [-0.2, -0.15) is 0 Å². The van der Waals surface area contributed by atoms with Gasteiger partial charge in [0.25, 0.3) is 0 Å². The van der Waals surface area contributed by atoms with E-state index in [2.05, 4.69) is 34.3 Å². The van der Waals surface area contributed by atoms with Gasteiger partial charge in [0.2, 0.25) is 0 Å². The molecule has 2 unspecified atom stereocenters. The minimum atomic E-state index is 0.608. The topological polar surface area (TPSA) is 46.6 Å². The Morgan fingerprint density at radius 2 is 2.27 bits per heavy atom. The molecule has 0 aliphatic carbocycles. The van der Waals surface area contributed by atoms with Crippen molar-refractivity contribution in [3.8, 4) is 17.2 Å². The van der Waals surface area contributed by atoms with Crippen LogP contribution in [0, 0.1) is 5.92 Å². The molecule has 4 heterocycles. The molecule has 26 heavy (non-hydrogen) atoms. The molecule has 1 aromatic heterocycles. The summed E-state index contributed by atoms with van der Waals surface area (Å²) < 4.78 is 12.1. The molecule has 0 amide bonds. The standard InChI is InChI=1S/C21H25N3O2/c1-2-15-3-4-20(21-19(15)5-6-25-21)26-18-8-17(10-22-11-18)24-12-14-7-16(13-24)23-9-14/h3-4,8,10-11,14,16,23H,2,5-7,9,12-13H2,1H3. The first kappa shape index (κ1) is 15.9. The largest absolute Gasteiger partial charge is 0.489 e. The van der Waals surface area contributed by atoms with Gasteiger partial charge in [-0.1, -0.05) is 13.0 Å². The maximum absolute atomic E-state index is 6.19. The Kier molecular flexibility index (Phi) is 3.97. The van der Waals surface area contributed by atoms with Gasteiger partial charge in [0, 0.05) is 43.7 Å². The third kappa shape index (κ3) is 2.80. The summed E-state index contributed by atoms with van der Waals surface area (Å²) in [5.74, 6) is 3.23. The van der Waals surface area contributed by atoms with Crippen LogP contribution in [-0.2, 0) is 12.8 Å². The molecule has 2 fully saturated rings. The van der Waals surface area contributed by atoms with Crippen LogP contribution in [0.3, 0.4) is 0 Å². The molecule has 5 rings (SSSR count). The average molecular weight is 351 g/mol. The Balaban J connectivity index is 1.39. The van der Waals surface area contributed by atoms with Gasteiger partial charge >= 0.3 is 0 Å². The van der Waals surface area contributed by atoms with Gasteiger partial charge < -0.3 is 19.7 Å². The molecule has 0 spiro atoms. The summed E-state index contributed by atoms with van der Waals surface area (Å²) in [6.45, 7) is 6.20. The lowest BCUT2D eigenvalue weighted by Crippen LogP contribution is -2.41. The van der Waals surface area contributed by atoms with Crippen LogP contribution in [0.1, 0.15) is 24.5 Å². The summed E-state index contributed by atoms with van der Waals surface area (Å²) in [6.07, 6.45) is 7.02. The molecule has 2 atom stereocenters. The number of rotatable bonds is 4. The van der Waals surface area contributed by atoms with E-state index in [4.69, 9.17) is 9.47 Å². The highest BCUT2D eigenvalue weighted by atomic mass is 16.5. The molecule has 0 radical (unpaired) electrons. The second-order valence-corrected chi connectivity index (χ2v) is 7.58. The quantitative estimate of drug-likeness (QED) is 0.917. The average Bonchev–Trinajstić information content (AvgIpc) is 3.29. The summed E-state index contributed by atoms with van der Waals surface area (Å²) >= 11 is 0. The number of ether oxygens (including phenoxy) is 2. The van der Waals surface area contributed by atoms with Crippen LogP contribution in [0.25, 0.3) is 0 Å². The van der Waals surface area contributed by atoms with Gasteiger partial charge in [-0.05, 0) is 30.4 Å². The van der Waals surface area contributed by atoms with Crippen molar-refractivity contribution in [3.05, 3.63) is 41.7 Å². The molecular formula is C21H25N3O2. The number of fused-ring (bicyclic) bond motifs is 3. The Morgan fingerprint density at radius 1 is 1.31 bits per heavy atom. The van der Waals surface area contributed by atoms with E-state index in [0.29, 0.717) is 6.04 Å². The fraction of sp³-hybridized carbons (Fsp3) is 0.476. The van der Waals surface area contributed by atoms with E-state index in [1.54, 1.807) is 6.20 Å². The van der Waals surface area contributed by atoms with Gasteiger partial charge in [0.15, 0.2) is 11.5 Å². The van der Waals surface area contributed by atoms with E-state index in [-0.39, 0.29) is 0 Å². The number of benzene rings is 1. The zero-order valence-corrected chi connectivity index (χ0v) is 15.2. The van der Waals surface area contributed by atoms with Crippen molar-refractivity contribution in [1.29, 1.82) is 0 Å². The number of nitrogens with zero attached hydrogens (tertiary/aromatic N) is 2. The Labute approximate surface area is 154 Å². The fourth-order valence-corrected chi connectivity index (χ4v) is 4.55. The van der Waals surface area contributed by atoms with Gasteiger partial charge in [-0.15, -0.1) is 0 Å². The van der Waals surface area contributed by atoms with Crippen LogP contribution >= 0.6 is 0 Å². The van der Waals surface area contributed by atoms with Gasteiger partial charge in [0.05, 0.1) is 24.7 Å². The van der Waals surface area contributed by atoms with E-state index in [1.165, 1.54) is 17.5 Å². The predicted molar refractivity (Wildman–Crippen MR) is 101 cm³/mol. The maximum atomic E-state index is 6.19. The van der Waals surface area contributed by atoms with Crippen LogP contribution in [0.5, 0.6) is 17.2 Å². The van der Waals surface area contributed by atoms with E-state index in [0.717, 1.165) is 67.9 Å². The monoisotopic (exact) mass is 351 g/mol. The van der Waals surface area contributed by atoms with Crippen molar-refractivity contribution >= 4 is 5.69 Å². The third-order valence-corrected chi connectivity index (χ3v) is 5.82. The van der Waals surface area contributed by atoms with Crippen molar-refractivity contribution in [1.82, 2.24) is 10.3 Å². The molecule has 0 saturated carbocycles. The summed E-state index contributed by atoms with van der Waals surface area (Å²) in [5, 5.41) is 3.60. The first-order chi connectivity index (χ1) is 12.8. The number of aromatic nitrogens is 1. The number of nitrogens with one attached hydrogen (secondary N) is 1. The van der Waals surface area contributed by atoms with Gasteiger partial charge in [-0.3, -0.25) is 4.98 Å². The molecule has 3 aliphatic rings. The number of anilines is 1. The van der Waals surface area contributed by atoms with Crippen molar-refractivity contribution in [3.63, 3.8) is 0 Å². The second kappa shape index (κ2) is 6.47. The molecule has 136 valence electrons. The lowest BCUT2D eigenvalue weighted by atomic mass is 10.00. The van der Waals surface area contributed by atoms with E-state index in [9.17, 15) is 0 Å². The zero-order valence-electron chi connectivity index (χ0n) is 15.2. The molecule has 3 aliphatic heterocycles. The zero-order chi connectivity index (χ0) is 17.5. The summed E-state index contributed by atoms with van der Waals surface area (Å²) in [7, 11) is 0. The first-order valence-corrected chi connectivity index (χ1v) is 9.69. The molecule has 1 aromatic carbocycles. The van der Waals surface area contributed by atoms with Crippen molar-refractivity contribution in [2.75, 3.05) is 31.1 Å². The molecule has 2 bridgehead atoms. The van der Waals surface area contributed by atoms with Crippen LogP contribution in [0.15, 0.2) is 30.6 Å².